The Morgan fingerprint density at radius 3 is 2.86 bits per heavy atom. The second-order valence-electron chi connectivity index (χ2n) is 5.12. The minimum atomic E-state index is -1.07. The Labute approximate surface area is 130 Å². The van der Waals surface area contributed by atoms with Crippen molar-refractivity contribution in [1.82, 2.24) is 5.32 Å². The summed E-state index contributed by atoms with van der Waals surface area (Å²) in [5.41, 5.74) is -0.442. The van der Waals surface area contributed by atoms with E-state index in [-0.39, 0.29) is 12.5 Å². The number of thiophene rings is 2. The van der Waals surface area contributed by atoms with Crippen molar-refractivity contribution in [2.45, 2.75) is 12.5 Å². The van der Waals surface area contributed by atoms with Crippen LogP contribution in [0.15, 0.2) is 47.2 Å². The van der Waals surface area contributed by atoms with Crippen LogP contribution in [-0.4, -0.2) is 17.6 Å². The van der Waals surface area contributed by atoms with E-state index in [1.807, 2.05) is 35.7 Å². The molecule has 0 spiro atoms. The number of carbonyl (C=O) groups excluding carboxylic acids is 1. The van der Waals surface area contributed by atoms with Crippen LogP contribution in [0.3, 0.4) is 0 Å². The minimum Gasteiger partial charge on any atom is -0.383 e. The topological polar surface area (TPSA) is 49.3 Å². The molecule has 0 saturated carbocycles. The first kappa shape index (κ1) is 14.3. The predicted molar refractivity (Wildman–Crippen MR) is 88.0 cm³/mol. The number of aliphatic hydroxyl groups is 1. The van der Waals surface area contributed by atoms with Gasteiger partial charge in [0.15, 0.2) is 0 Å². The summed E-state index contributed by atoms with van der Waals surface area (Å²) < 4.78 is 1.14. The molecule has 0 fully saturated rings. The van der Waals surface area contributed by atoms with Crippen LogP contribution < -0.4 is 5.32 Å². The van der Waals surface area contributed by atoms with Crippen molar-refractivity contribution in [2.75, 3.05) is 6.54 Å². The van der Waals surface area contributed by atoms with Crippen LogP contribution in [-0.2, 0) is 5.60 Å². The molecule has 1 atom stereocenters. The van der Waals surface area contributed by atoms with E-state index in [9.17, 15) is 9.90 Å². The molecular weight excluding hydrogens is 302 g/mol. The summed E-state index contributed by atoms with van der Waals surface area (Å²) in [7, 11) is 0. The van der Waals surface area contributed by atoms with Gasteiger partial charge < -0.3 is 10.4 Å². The van der Waals surface area contributed by atoms with Crippen molar-refractivity contribution in [2.24, 2.45) is 0 Å². The quantitative estimate of drug-likeness (QED) is 0.772. The molecule has 0 unspecified atom stereocenters. The van der Waals surface area contributed by atoms with Crippen molar-refractivity contribution < 1.29 is 9.90 Å². The Morgan fingerprint density at radius 1 is 1.33 bits per heavy atom. The molecule has 21 heavy (non-hydrogen) atoms. The van der Waals surface area contributed by atoms with E-state index in [0.717, 1.165) is 15.0 Å². The van der Waals surface area contributed by atoms with E-state index in [4.69, 9.17) is 0 Å². The molecule has 1 aromatic carbocycles. The summed E-state index contributed by atoms with van der Waals surface area (Å²) in [6.45, 7) is 1.92. The van der Waals surface area contributed by atoms with Gasteiger partial charge in [-0.05, 0) is 35.9 Å². The van der Waals surface area contributed by atoms with Crippen LogP contribution in [0.1, 0.15) is 22.2 Å². The monoisotopic (exact) mass is 317 g/mol. The Balaban J connectivity index is 1.75. The lowest BCUT2D eigenvalue weighted by molar-refractivity contribution is 0.0557. The first-order valence-electron chi connectivity index (χ1n) is 6.58. The number of benzene rings is 1. The number of fused-ring (bicyclic) bond motifs is 1. The molecule has 0 aliphatic heterocycles. The number of amides is 1. The SMILES string of the molecule is C[C@@](O)(CNC(=O)c1ccsc1)c1cc2ccccc2s1. The van der Waals surface area contributed by atoms with Gasteiger partial charge in [-0.3, -0.25) is 4.79 Å². The summed E-state index contributed by atoms with van der Waals surface area (Å²) in [5.74, 6) is -0.155. The van der Waals surface area contributed by atoms with Crippen LogP contribution >= 0.6 is 22.7 Å². The number of nitrogens with one attached hydrogen (secondary N) is 1. The molecule has 0 radical (unpaired) electrons. The van der Waals surface area contributed by atoms with E-state index in [0.29, 0.717) is 5.56 Å². The molecule has 108 valence electrons. The highest BCUT2D eigenvalue weighted by Gasteiger charge is 2.26. The molecule has 2 aromatic heterocycles. The molecule has 3 aromatic rings. The van der Waals surface area contributed by atoms with Gasteiger partial charge in [-0.1, -0.05) is 18.2 Å². The van der Waals surface area contributed by atoms with Crippen LogP contribution in [0.25, 0.3) is 10.1 Å². The Hall–Kier alpha value is -1.69. The van der Waals surface area contributed by atoms with E-state index in [1.165, 1.54) is 11.3 Å². The van der Waals surface area contributed by atoms with Crippen LogP contribution in [0.5, 0.6) is 0 Å². The summed E-state index contributed by atoms with van der Waals surface area (Å²) in [4.78, 5) is 12.8. The molecule has 0 aliphatic carbocycles. The van der Waals surface area contributed by atoms with Gasteiger partial charge in [-0.25, -0.2) is 0 Å². The molecule has 1 amide bonds. The van der Waals surface area contributed by atoms with Crippen LogP contribution in [0.2, 0.25) is 0 Å². The van der Waals surface area contributed by atoms with Gasteiger partial charge in [0.2, 0.25) is 0 Å². The molecule has 0 aliphatic rings. The normalized spacial score (nSPS) is 14.0. The van der Waals surface area contributed by atoms with Gasteiger partial charge in [0.25, 0.3) is 5.91 Å². The third kappa shape index (κ3) is 3.00. The fourth-order valence-corrected chi connectivity index (χ4v) is 3.82. The maximum absolute atomic E-state index is 11.9. The van der Waals surface area contributed by atoms with Gasteiger partial charge in [-0.2, -0.15) is 11.3 Å². The smallest absolute Gasteiger partial charge is 0.252 e. The van der Waals surface area contributed by atoms with Gasteiger partial charge in [0.1, 0.15) is 5.60 Å². The number of rotatable bonds is 4. The lowest BCUT2D eigenvalue weighted by atomic mass is 10.0. The first-order valence-corrected chi connectivity index (χ1v) is 8.34. The molecule has 0 bridgehead atoms. The highest BCUT2D eigenvalue weighted by molar-refractivity contribution is 7.19. The highest BCUT2D eigenvalue weighted by atomic mass is 32.1. The molecule has 0 saturated heterocycles. The van der Waals surface area contributed by atoms with Crippen LogP contribution in [0.4, 0.5) is 0 Å². The molecule has 3 nitrogen and oxygen atoms in total. The van der Waals surface area contributed by atoms with Crippen molar-refractivity contribution in [3.63, 3.8) is 0 Å². The Bertz CT molecular complexity index is 727. The summed E-state index contributed by atoms with van der Waals surface area (Å²) >= 11 is 3.03. The third-order valence-electron chi connectivity index (χ3n) is 3.33. The lowest BCUT2D eigenvalue weighted by Crippen LogP contribution is -2.37. The highest BCUT2D eigenvalue weighted by Crippen LogP contribution is 2.32. The molecular formula is C16H15NO2S2. The number of hydrogen-bond acceptors (Lipinski definition) is 4. The fourth-order valence-electron chi connectivity index (χ4n) is 2.08. The standard InChI is InChI=1S/C16H15NO2S2/c1-16(19,10-17-15(18)12-6-7-20-9-12)14-8-11-4-2-3-5-13(11)21-14/h2-9,19H,10H2,1H3,(H,17,18)/t16-/m1/s1. The Kier molecular flexibility index (Phi) is 3.80. The van der Waals surface area contributed by atoms with Gasteiger partial charge in [0, 0.05) is 20.5 Å². The molecule has 2 N–H and O–H groups in total. The predicted octanol–water partition coefficient (Wildman–Crippen LogP) is 3.60. The van der Waals surface area contributed by atoms with E-state index in [2.05, 4.69) is 5.32 Å². The summed E-state index contributed by atoms with van der Waals surface area (Å²) in [6.07, 6.45) is 0. The second-order valence-corrected chi connectivity index (χ2v) is 6.98. The minimum absolute atomic E-state index is 0.155. The number of hydrogen-bond donors (Lipinski definition) is 2. The second kappa shape index (κ2) is 5.60. The van der Waals surface area contributed by atoms with E-state index >= 15 is 0 Å². The van der Waals surface area contributed by atoms with E-state index < -0.39 is 5.60 Å². The number of carbonyl (C=O) groups is 1. The molecule has 5 heteroatoms. The molecule has 2 heterocycles. The maximum atomic E-state index is 11.9. The summed E-state index contributed by atoms with van der Waals surface area (Å²) in [5, 5.41) is 18.2. The van der Waals surface area contributed by atoms with Crippen molar-refractivity contribution in [3.05, 3.63) is 57.6 Å². The largest absolute Gasteiger partial charge is 0.383 e. The Morgan fingerprint density at radius 2 is 2.14 bits per heavy atom. The van der Waals surface area contributed by atoms with Crippen LogP contribution in [0, 0.1) is 0 Å². The average Bonchev–Trinajstić information content (AvgIpc) is 3.13. The van der Waals surface area contributed by atoms with Gasteiger partial charge in [0.05, 0.1) is 6.54 Å². The first-order chi connectivity index (χ1) is 10.1. The zero-order valence-corrected chi connectivity index (χ0v) is 13.1. The van der Waals surface area contributed by atoms with Crippen molar-refractivity contribution in [3.8, 4) is 0 Å². The molecule has 3 rings (SSSR count). The maximum Gasteiger partial charge on any atom is 0.252 e. The average molecular weight is 317 g/mol. The lowest BCUT2D eigenvalue weighted by Gasteiger charge is -2.22. The zero-order chi connectivity index (χ0) is 14.9. The van der Waals surface area contributed by atoms with Crippen molar-refractivity contribution >= 4 is 38.7 Å². The van der Waals surface area contributed by atoms with Gasteiger partial charge in [-0.15, -0.1) is 11.3 Å². The third-order valence-corrected chi connectivity index (χ3v) is 5.39. The summed E-state index contributed by atoms with van der Waals surface area (Å²) in [6, 6.07) is 11.8. The fraction of sp³-hybridized carbons (Fsp3) is 0.188. The van der Waals surface area contributed by atoms with E-state index in [1.54, 1.807) is 29.7 Å². The van der Waals surface area contributed by atoms with Gasteiger partial charge >= 0.3 is 0 Å². The van der Waals surface area contributed by atoms with Crippen molar-refractivity contribution in [1.29, 1.82) is 0 Å². The zero-order valence-electron chi connectivity index (χ0n) is 11.5.